The molecule has 0 unspecified atom stereocenters. The first-order valence-corrected chi connectivity index (χ1v) is 13.7. The average molecular weight is 513 g/mol. The van der Waals surface area contributed by atoms with E-state index in [0.717, 1.165) is 48.6 Å². The van der Waals surface area contributed by atoms with Crippen molar-refractivity contribution in [2.75, 3.05) is 44.6 Å². The summed E-state index contributed by atoms with van der Waals surface area (Å²) in [5, 5.41) is 6.60. The molecule has 2 N–H and O–H groups in total. The van der Waals surface area contributed by atoms with E-state index in [1.54, 1.807) is 0 Å². The Morgan fingerprint density at radius 2 is 1.55 bits per heavy atom. The number of nitrogens with zero attached hydrogens (tertiary/aromatic N) is 2. The Morgan fingerprint density at radius 3 is 2.18 bits per heavy atom. The first-order chi connectivity index (χ1) is 18.3. The van der Waals surface area contributed by atoms with Gasteiger partial charge in [0.25, 0.3) is 5.91 Å². The van der Waals surface area contributed by atoms with Crippen LogP contribution >= 0.6 is 0 Å². The van der Waals surface area contributed by atoms with Crippen molar-refractivity contribution < 1.29 is 9.59 Å². The summed E-state index contributed by atoms with van der Waals surface area (Å²) in [6.45, 7) is 13.0. The molecule has 1 aliphatic rings. The molecule has 0 radical (unpaired) electrons. The molecule has 1 heterocycles. The molecule has 38 heavy (non-hydrogen) atoms. The molecule has 2 amide bonds. The van der Waals surface area contributed by atoms with E-state index in [4.69, 9.17) is 0 Å². The summed E-state index contributed by atoms with van der Waals surface area (Å²) < 4.78 is 0. The van der Waals surface area contributed by atoms with E-state index in [2.05, 4.69) is 39.8 Å². The Balaban J connectivity index is 1.61. The lowest BCUT2D eigenvalue weighted by atomic mass is 9.83. The zero-order chi connectivity index (χ0) is 27.1. The van der Waals surface area contributed by atoms with Crippen LogP contribution in [0.1, 0.15) is 60.8 Å². The molecule has 0 saturated carbocycles. The van der Waals surface area contributed by atoms with Gasteiger partial charge >= 0.3 is 0 Å². The average Bonchev–Trinajstić information content (AvgIpc) is 2.95. The Bertz CT molecular complexity index is 1210. The zero-order valence-electron chi connectivity index (χ0n) is 23.0. The monoisotopic (exact) mass is 512 g/mol. The minimum atomic E-state index is -0.664. The number of amides is 2. The van der Waals surface area contributed by atoms with E-state index in [1.165, 1.54) is 0 Å². The van der Waals surface area contributed by atoms with E-state index >= 15 is 0 Å². The molecule has 1 saturated heterocycles. The molecule has 6 nitrogen and oxygen atoms in total. The highest BCUT2D eigenvalue weighted by Crippen LogP contribution is 2.32. The molecular weight excluding hydrogens is 472 g/mol. The Morgan fingerprint density at radius 1 is 0.895 bits per heavy atom. The lowest BCUT2D eigenvalue weighted by molar-refractivity contribution is -0.120. The second-order valence-electron chi connectivity index (χ2n) is 10.4. The van der Waals surface area contributed by atoms with Crippen molar-refractivity contribution in [2.45, 2.75) is 39.2 Å². The number of carbonyl (C=O) groups is 2. The summed E-state index contributed by atoms with van der Waals surface area (Å²) in [6, 6.07) is 26.1. The van der Waals surface area contributed by atoms with E-state index in [-0.39, 0.29) is 17.9 Å². The summed E-state index contributed by atoms with van der Waals surface area (Å²) in [7, 11) is 0. The normalized spacial score (nSPS) is 15.1. The van der Waals surface area contributed by atoms with Crippen molar-refractivity contribution in [3.05, 3.63) is 101 Å². The topological polar surface area (TPSA) is 64.7 Å². The molecule has 3 aromatic carbocycles. The predicted octanol–water partition coefficient (Wildman–Crippen LogP) is 5.08. The van der Waals surface area contributed by atoms with Gasteiger partial charge in [-0.2, -0.15) is 0 Å². The van der Waals surface area contributed by atoms with Gasteiger partial charge in [0.1, 0.15) is 0 Å². The van der Waals surface area contributed by atoms with Crippen molar-refractivity contribution in [3.8, 4) is 0 Å². The maximum atomic E-state index is 13.3. The molecule has 0 aromatic heterocycles. The molecule has 0 bridgehead atoms. The fourth-order valence-corrected chi connectivity index (χ4v) is 5.12. The lowest BCUT2D eigenvalue weighted by Gasteiger charge is -2.36. The summed E-state index contributed by atoms with van der Waals surface area (Å²) in [5.41, 5.74) is 4.06. The van der Waals surface area contributed by atoms with Gasteiger partial charge in [0, 0.05) is 50.5 Å². The molecule has 0 spiro atoms. The van der Waals surface area contributed by atoms with Crippen molar-refractivity contribution in [1.29, 1.82) is 0 Å². The Labute approximate surface area is 227 Å². The van der Waals surface area contributed by atoms with E-state index in [1.807, 2.05) is 87.2 Å². The highest BCUT2D eigenvalue weighted by Gasteiger charge is 2.30. The standard InChI is InChI=1S/C32H40N4O2/c1-5-35(6-2)30(37)25-17-15-24(16-18-25)29(36-21-19-33-20-22-36)26-11-10-14-28(23-26)34-31(38)32(3,4)27-12-8-7-9-13-27/h7-18,23,29,33H,5-6,19-22H2,1-4H3,(H,34,38)/t29-/m1/s1. The van der Waals surface area contributed by atoms with Crippen LogP contribution in [-0.4, -0.2) is 60.9 Å². The molecule has 3 aromatic rings. The first kappa shape index (κ1) is 27.6. The highest BCUT2D eigenvalue weighted by molar-refractivity contribution is 5.98. The van der Waals surface area contributed by atoms with Crippen molar-refractivity contribution >= 4 is 17.5 Å². The maximum absolute atomic E-state index is 13.3. The number of nitrogens with one attached hydrogen (secondary N) is 2. The van der Waals surface area contributed by atoms with Crippen LogP contribution in [-0.2, 0) is 10.2 Å². The smallest absolute Gasteiger partial charge is 0.253 e. The molecule has 1 atom stereocenters. The van der Waals surface area contributed by atoms with Gasteiger partial charge in [0.2, 0.25) is 5.91 Å². The largest absolute Gasteiger partial charge is 0.339 e. The summed E-state index contributed by atoms with van der Waals surface area (Å²) in [4.78, 5) is 30.5. The molecule has 1 aliphatic heterocycles. The molecule has 0 aliphatic carbocycles. The number of hydrogen-bond donors (Lipinski definition) is 2. The SMILES string of the molecule is CCN(CC)C(=O)c1ccc([C@H](c2cccc(NC(=O)C(C)(C)c3ccccc3)c2)N2CCNCC2)cc1. The molecule has 6 heteroatoms. The highest BCUT2D eigenvalue weighted by atomic mass is 16.2. The van der Waals surface area contributed by atoms with Gasteiger partial charge in [-0.25, -0.2) is 0 Å². The van der Waals surface area contributed by atoms with E-state index in [9.17, 15) is 9.59 Å². The third-order valence-electron chi connectivity index (χ3n) is 7.56. The van der Waals surface area contributed by atoms with Gasteiger partial charge in [0.15, 0.2) is 0 Å². The zero-order valence-corrected chi connectivity index (χ0v) is 23.0. The van der Waals surface area contributed by atoms with E-state index < -0.39 is 5.41 Å². The number of piperazine rings is 1. The van der Waals surface area contributed by atoms with Crippen LogP contribution in [0.3, 0.4) is 0 Å². The van der Waals surface area contributed by atoms with Gasteiger partial charge < -0.3 is 15.5 Å². The molecular formula is C32H40N4O2. The van der Waals surface area contributed by atoms with Crippen LogP contribution in [0.2, 0.25) is 0 Å². The van der Waals surface area contributed by atoms with E-state index in [0.29, 0.717) is 18.7 Å². The number of anilines is 1. The van der Waals surface area contributed by atoms with Crippen LogP contribution in [0.25, 0.3) is 0 Å². The number of carbonyl (C=O) groups excluding carboxylic acids is 2. The summed E-state index contributed by atoms with van der Waals surface area (Å²) in [6.07, 6.45) is 0. The first-order valence-electron chi connectivity index (χ1n) is 13.7. The third-order valence-corrected chi connectivity index (χ3v) is 7.56. The fourth-order valence-electron chi connectivity index (χ4n) is 5.12. The summed E-state index contributed by atoms with van der Waals surface area (Å²) in [5.74, 6) is 0.0184. The minimum absolute atomic E-state index is 0.0219. The Kier molecular flexibility index (Phi) is 8.97. The second-order valence-corrected chi connectivity index (χ2v) is 10.4. The molecule has 200 valence electrons. The number of hydrogen-bond acceptors (Lipinski definition) is 4. The second kappa shape index (κ2) is 12.4. The van der Waals surface area contributed by atoms with Crippen LogP contribution in [0, 0.1) is 0 Å². The van der Waals surface area contributed by atoms with Crippen molar-refractivity contribution in [3.63, 3.8) is 0 Å². The maximum Gasteiger partial charge on any atom is 0.253 e. The summed E-state index contributed by atoms with van der Waals surface area (Å²) >= 11 is 0. The van der Waals surface area contributed by atoms with Crippen LogP contribution in [0.5, 0.6) is 0 Å². The van der Waals surface area contributed by atoms with Gasteiger partial charge in [-0.1, -0.05) is 54.6 Å². The third kappa shape index (κ3) is 6.14. The fraction of sp³-hybridized carbons (Fsp3) is 0.375. The lowest BCUT2D eigenvalue weighted by Crippen LogP contribution is -2.45. The van der Waals surface area contributed by atoms with Crippen LogP contribution in [0.15, 0.2) is 78.9 Å². The van der Waals surface area contributed by atoms with Gasteiger partial charge in [-0.05, 0) is 68.7 Å². The quantitative estimate of drug-likeness (QED) is 0.420. The molecule has 1 fully saturated rings. The predicted molar refractivity (Wildman–Crippen MR) is 155 cm³/mol. The molecule has 4 rings (SSSR count). The number of benzene rings is 3. The van der Waals surface area contributed by atoms with Gasteiger partial charge in [-0.15, -0.1) is 0 Å². The Hall–Kier alpha value is -3.48. The number of rotatable bonds is 9. The van der Waals surface area contributed by atoms with Gasteiger partial charge in [-0.3, -0.25) is 14.5 Å². The van der Waals surface area contributed by atoms with Crippen molar-refractivity contribution in [1.82, 2.24) is 15.1 Å². The van der Waals surface area contributed by atoms with Crippen molar-refractivity contribution in [2.24, 2.45) is 0 Å². The van der Waals surface area contributed by atoms with Crippen LogP contribution in [0.4, 0.5) is 5.69 Å². The minimum Gasteiger partial charge on any atom is -0.339 e. The van der Waals surface area contributed by atoms with Gasteiger partial charge in [0.05, 0.1) is 11.5 Å². The van der Waals surface area contributed by atoms with Crippen LogP contribution < -0.4 is 10.6 Å².